The third-order valence-corrected chi connectivity index (χ3v) is 8.51. The minimum Gasteiger partial charge on any atom is -0.444 e. The van der Waals surface area contributed by atoms with Crippen LogP contribution in [-0.2, 0) is 30.5 Å². The van der Waals surface area contributed by atoms with E-state index in [2.05, 4.69) is 31.6 Å². The van der Waals surface area contributed by atoms with Gasteiger partial charge in [-0.3, -0.25) is 24.2 Å². The van der Waals surface area contributed by atoms with Crippen LogP contribution in [0.1, 0.15) is 94.1 Å². The molecule has 0 saturated heterocycles. The number of hydrogen-bond acceptors (Lipinski definition) is 9. The number of rotatable bonds is 20. The molecule has 284 valence electrons. The average Bonchev–Trinajstić information content (AvgIpc) is 3.01. The van der Waals surface area contributed by atoms with Gasteiger partial charge in [-0.2, -0.15) is 11.8 Å². The van der Waals surface area contributed by atoms with Crippen LogP contribution in [0.25, 0.3) is 0 Å². The molecule has 0 aliphatic rings. The summed E-state index contributed by atoms with van der Waals surface area (Å²) < 4.78 is 5.33. The van der Waals surface area contributed by atoms with Gasteiger partial charge in [-0.15, -0.1) is 0 Å². The topological polar surface area (TPSA) is 188 Å². The Bertz CT molecular complexity index is 1230. The predicted octanol–water partition coefficient (Wildman–Crippen LogP) is 3.54. The van der Waals surface area contributed by atoms with Crippen molar-refractivity contribution in [1.82, 2.24) is 31.6 Å². The molecule has 6 atom stereocenters. The van der Waals surface area contributed by atoms with Crippen molar-refractivity contribution < 1.29 is 33.8 Å². The molecule has 1 aromatic heterocycles. The monoisotopic (exact) mass is 722 g/mol. The Balaban J connectivity index is 3.00. The number of nitrogens with one attached hydrogen (secondary N) is 5. The van der Waals surface area contributed by atoms with Crippen LogP contribution in [0.4, 0.5) is 4.79 Å². The van der Waals surface area contributed by atoms with Gasteiger partial charge in [0, 0.05) is 24.9 Å². The normalized spacial score (nSPS) is 15.3. The molecule has 0 unspecified atom stereocenters. The number of pyridine rings is 1. The van der Waals surface area contributed by atoms with E-state index < -0.39 is 65.6 Å². The highest BCUT2D eigenvalue weighted by molar-refractivity contribution is 7.98. The third kappa shape index (κ3) is 17.0. The largest absolute Gasteiger partial charge is 0.444 e. The van der Waals surface area contributed by atoms with Crippen molar-refractivity contribution in [3.63, 3.8) is 0 Å². The summed E-state index contributed by atoms with van der Waals surface area (Å²) in [7, 11) is 0. The zero-order chi connectivity index (χ0) is 38.2. The number of ether oxygens (including phenoxy) is 1. The van der Waals surface area contributed by atoms with E-state index in [-0.39, 0.29) is 36.6 Å². The van der Waals surface area contributed by atoms with Gasteiger partial charge in [0.15, 0.2) is 0 Å². The lowest BCUT2D eigenvalue weighted by Gasteiger charge is -2.31. The van der Waals surface area contributed by atoms with Crippen molar-refractivity contribution in [3.8, 4) is 0 Å². The number of alkyl carbamates (subject to hydrolysis) is 1. The van der Waals surface area contributed by atoms with E-state index in [4.69, 9.17) is 4.74 Å². The highest BCUT2D eigenvalue weighted by Gasteiger charge is 2.33. The average molecular weight is 723 g/mol. The molecule has 14 heteroatoms. The molecular formula is C36H62N6O7S. The molecule has 0 radical (unpaired) electrons. The standard InChI is InChI=1S/C36H62N6O7S/c1-21(2)17-27(28(43)18-24(7)31(44)41-29(22(3)4)33(46)38-20-25-13-12-15-37-19-25)40-32(45)26(14-16-50-11)39-34(47)30(23(5)6)42-35(48)49-36(8,9)10/h12-13,15,19,21-24,26-30,43H,14,16-18,20H2,1-11H3,(H,38,46)(H,39,47)(H,40,45)(H,41,44)(H,42,48)/t24-,26+,27+,28+,29+,30+/m1/s1. The number of hydrogen-bond donors (Lipinski definition) is 6. The van der Waals surface area contributed by atoms with Crippen molar-refractivity contribution >= 4 is 41.5 Å². The van der Waals surface area contributed by atoms with Crippen LogP contribution in [0.5, 0.6) is 0 Å². The lowest BCUT2D eigenvalue weighted by Crippen LogP contribution is -2.58. The Morgan fingerprint density at radius 1 is 0.840 bits per heavy atom. The van der Waals surface area contributed by atoms with Crippen molar-refractivity contribution in [1.29, 1.82) is 0 Å². The van der Waals surface area contributed by atoms with Crippen molar-refractivity contribution in [2.45, 2.75) is 131 Å². The van der Waals surface area contributed by atoms with Crippen LogP contribution in [0.3, 0.4) is 0 Å². The lowest BCUT2D eigenvalue weighted by atomic mass is 9.91. The summed E-state index contributed by atoms with van der Waals surface area (Å²) in [5.41, 5.74) is 0.0791. The van der Waals surface area contributed by atoms with E-state index in [1.807, 2.05) is 40.0 Å². The smallest absolute Gasteiger partial charge is 0.408 e. The van der Waals surface area contributed by atoms with Crippen LogP contribution < -0.4 is 26.6 Å². The SMILES string of the molecule is CSCC[C@H](NC(=O)[C@@H](NC(=O)OC(C)(C)C)C(C)C)C(=O)N[C@@H](CC(C)C)[C@@H](O)C[C@@H](C)C(=O)N[C@H](C(=O)NCc1cccnc1)C(C)C. The van der Waals surface area contributed by atoms with E-state index in [9.17, 15) is 29.1 Å². The molecule has 5 amide bonds. The summed E-state index contributed by atoms with van der Waals surface area (Å²) >= 11 is 1.52. The molecule has 0 aromatic carbocycles. The highest BCUT2D eigenvalue weighted by Crippen LogP contribution is 2.18. The van der Waals surface area contributed by atoms with Crippen molar-refractivity contribution in [3.05, 3.63) is 30.1 Å². The molecule has 13 nitrogen and oxygen atoms in total. The molecule has 0 aliphatic carbocycles. The fraction of sp³-hybridized carbons (Fsp3) is 0.722. The minimum atomic E-state index is -1.09. The van der Waals surface area contributed by atoms with E-state index in [1.54, 1.807) is 60.0 Å². The first-order valence-corrected chi connectivity index (χ1v) is 18.9. The second-order valence-electron chi connectivity index (χ2n) is 15.0. The van der Waals surface area contributed by atoms with Gasteiger partial charge in [-0.05, 0) is 81.4 Å². The number of aromatic nitrogens is 1. The van der Waals surface area contributed by atoms with Gasteiger partial charge < -0.3 is 36.4 Å². The second-order valence-corrected chi connectivity index (χ2v) is 16.0. The Hall–Kier alpha value is -3.39. The van der Waals surface area contributed by atoms with Crippen LogP contribution in [0.2, 0.25) is 0 Å². The number of aliphatic hydroxyl groups is 1. The summed E-state index contributed by atoms with van der Waals surface area (Å²) in [5.74, 6) is -2.21. The summed E-state index contributed by atoms with van der Waals surface area (Å²) in [5, 5.41) is 25.4. The van der Waals surface area contributed by atoms with Crippen LogP contribution in [0.15, 0.2) is 24.5 Å². The Labute approximate surface area is 303 Å². The van der Waals surface area contributed by atoms with Gasteiger partial charge in [0.2, 0.25) is 23.6 Å². The lowest BCUT2D eigenvalue weighted by molar-refractivity contribution is -0.133. The summed E-state index contributed by atoms with van der Waals surface area (Å²) in [6.45, 7) is 18.3. The maximum absolute atomic E-state index is 13.7. The van der Waals surface area contributed by atoms with Gasteiger partial charge in [0.05, 0.1) is 12.1 Å². The number of amides is 5. The molecule has 0 fully saturated rings. The van der Waals surface area contributed by atoms with Gasteiger partial charge in [-0.25, -0.2) is 4.79 Å². The second kappa shape index (κ2) is 21.7. The first-order chi connectivity index (χ1) is 23.2. The van der Waals surface area contributed by atoms with E-state index >= 15 is 0 Å². The van der Waals surface area contributed by atoms with Crippen LogP contribution in [-0.4, -0.2) is 87.7 Å². The van der Waals surface area contributed by atoms with Gasteiger partial charge in [0.25, 0.3) is 0 Å². The maximum atomic E-state index is 13.7. The predicted molar refractivity (Wildman–Crippen MR) is 197 cm³/mol. The Morgan fingerprint density at radius 3 is 1.98 bits per heavy atom. The van der Waals surface area contributed by atoms with Gasteiger partial charge in [0.1, 0.15) is 23.7 Å². The van der Waals surface area contributed by atoms with E-state index in [0.29, 0.717) is 18.6 Å². The van der Waals surface area contributed by atoms with Gasteiger partial charge >= 0.3 is 6.09 Å². The number of carbonyl (C=O) groups excluding carboxylic acids is 5. The molecule has 0 aliphatic heterocycles. The number of thioether (sulfide) groups is 1. The maximum Gasteiger partial charge on any atom is 0.408 e. The number of aliphatic hydroxyl groups excluding tert-OH is 1. The highest BCUT2D eigenvalue weighted by atomic mass is 32.2. The summed E-state index contributed by atoms with van der Waals surface area (Å²) in [4.78, 5) is 69.8. The number of carbonyl (C=O) groups is 5. The molecule has 50 heavy (non-hydrogen) atoms. The molecule has 1 heterocycles. The van der Waals surface area contributed by atoms with E-state index in [0.717, 1.165) is 5.56 Å². The van der Waals surface area contributed by atoms with Crippen molar-refractivity contribution in [2.75, 3.05) is 12.0 Å². The molecule has 1 rings (SSSR count). The quantitative estimate of drug-likeness (QED) is 0.117. The first kappa shape index (κ1) is 44.6. The molecule has 0 bridgehead atoms. The van der Waals surface area contributed by atoms with Gasteiger partial charge in [-0.1, -0.05) is 54.5 Å². The number of nitrogens with zero attached hydrogens (tertiary/aromatic N) is 1. The van der Waals surface area contributed by atoms with Crippen LogP contribution in [0, 0.1) is 23.7 Å². The molecule has 0 spiro atoms. The minimum absolute atomic E-state index is 0.0304. The zero-order valence-electron chi connectivity index (χ0n) is 31.8. The molecule has 6 N–H and O–H groups in total. The van der Waals surface area contributed by atoms with Crippen molar-refractivity contribution in [2.24, 2.45) is 23.7 Å². The fourth-order valence-corrected chi connectivity index (χ4v) is 5.58. The zero-order valence-corrected chi connectivity index (χ0v) is 32.6. The third-order valence-electron chi connectivity index (χ3n) is 7.86. The fourth-order valence-electron chi connectivity index (χ4n) is 5.10. The Morgan fingerprint density at radius 2 is 1.46 bits per heavy atom. The summed E-state index contributed by atoms with van der Waals surface area (Å²) in [6.07, 6.45) is 4.14. The van der Waals surface area contributed by atoms with Crippen LogP contribution >= 0.6 is 11.8 Å². The summed E-state index contributed by atoms with van der Waals surface area (Å²) in [6, 6.07) is 0.243. The Kier molecular flexibility index (Phi) is 19.4. The van der Waals surface area contributed by atoms with E-state index in [1.165, 1.54) is 11.8 Å². The molecule has 0 saturated carbocycles. The molecular weight excluding hydrogens is 660 g/mol. The molecule has 1 aromatic rings. The first-order valence-electron chi connectivity index (χ1n) is 17.5.